The maximum atomic E-state index is 4.91. The van der Waals surface area contributed by atoms with E-state index in [0.717, 1.165) is 59.2 Å². The first-order valence-electron chi connectivity index (χ1n) is 10.8. The van der Waals surface area contributed by atoms with Crippen LogP contribution in [0.2, 0.25) is 0 Å². The van der Waals surface area contributed by atoms with Gasteiger partial charge in [-0.25, -0.2) is 15.0 Å². The van der Waals surface area contributed by atoms with Crippen LogP contribution >= 0.6 is 11.3 Å². The molecule has 0 saturated carbocycles. The van der Waals surface area contributed by atoms with Crippen LogP contribution in [0.5, 0.6) is 0 Å². The van der Waals surface area contributed by atoms with Crippen LogP contribution in [0.15, 0.2) is 60.1 Å². The highest BCUT2D eigenvalue weighted by molar-refractivity contribution is 7.17. The van der Waals surface area contributed by atoms with Gasteiger partial charge in [-0.15, -0.1) is 11.3 Å². The van der Waals surface area contributed by atoms with Crippen LogP contribution in [0.4, 0.5) is 11.6 Å². The molecule has 1 aliphatic heterocycles. The fourth-order valence-corrected chi connectivity index (χ4v) is 4.78. The number of pyridine rings is 1. The van der Waals surface area contributed by atoms with Crippen molar-refractivity contribution >= 4 is 33.2 Å². The Morgan fingerprint density at radius 3 is 2.87 bits per heavy atom. The summed E-state index contributed by atoms with van der Waals surface area (Å²) in [5.74, 6) is 2.47. The third-order valence-corrected chi connectivity index (χ3v) is 6.57. The van der Waals surface area contributed by atoms with E-state index in [0.29, 0.717) is 6.04 Å². The average molecular weight is 431 g/mol. The van der Waals surface area contributed by atoms with Gasteiger partial charge in [0.15, 0.2) is 5.82 Å². The molecule has 0 spiro atoms. The molecule has 3 aromatic heterocycles. The molecule has 4 heterocycles. The molecule has 158 valence electrons. The topological polar surface area (TPSA) is 74.8 Å². The lowest BCUT2D eigenvalue weighted by Crippen LogP contribution is -2.22. The van der Waals surface area contributed by atoms with Gasteiger partial charge in [0, 0.05) is 24.3 Å². The summed E-state index contributed by atoms with van der Waals surface area (Å²) in [5, 5.41) is 12.7. The van der Waals surface area contributed by atoms with Gasteiger partial charge >= 0.3 is 0 Å². The molecule has 2 unspecified atom stereocenters. The minimum Gasteiger partial charge on any atom is -0.365 e. The van der Waals surface area contributed by atoms with Crippen molar-refractivity contribution in [1.29, 1.82) is 0 Å². The molecule has 31 heavy (non-hydrogen) atoms. The molecule has 1 aliphatic rings. The largest absolute Gasteiger partial charge is 0.365 e. The van der Waals surface area contributed by atoms with E-state index in [1.807, 2.05) is 24.4 Å². The van der Waals surface area contributed by atoms with Gasteiger partial charge in [-0.3, -0.25) is 0 Å². The number of benzene rings is 1. The molecule has 0 bridgehead atoms. The zero-order valence-corrected chi connectivity index (χ0v) is 18.3. The minimum absolute atomic E-state index is 0.205. The quantitative estimate of drug-likeness (QED) is 0.379. The lowest BCUT2D eigenvalue weighted by Gasteiger charge is -2.18. The first-order chi connectivity index (χ1) is 15.3. The van der Waals surface area contributed by atoms with Gasteiger partial charge in [-0.1, -0.05) is 37.3 Å². The van der Waals surface area contributed by atoms with Crippen molar-refractivity contribution in [2.45, 2.75) is 31.8 Å². The van der Waals surface area contributed by atoms with E-state index in [2.05, 4.69) is 63.6 Å². The number of hydrogen-bond acceptors (Lipinski definition) is 7. The fraction of sp³-hybridized carbons (Fsp3) is 0.292. The molecule has 1 fully saturated rings. The summed E-state index contributed by atoms with van der Waals surface area (Å²) < 4.78 is 1.11. The zero-order chi connectivity index (χ0) is 21.0. The molecule has 3 N–H and O–H groups in total. The van der Waals surface area contributed by atoms with Crippen molar-refractivity contribution < 1.29 is 0 Å². The number of aromatic nitrogens is 3. The van der Waals surface area contributed by atoms with Crippen LogP contribution in [0.1, 0.15) is 31.4 Å². The lowest BCUT2D eigenvalue weighted by molar-refractivity contribution is 0.744. The molecule has 1 aromatic carbocycles. The monoisotopic (exact) mass is 430 g/mol. The van der Waals surface area contributed by atoms with E-state index < -0.39 is 0 Å². The molecular weight excluding hydrogens is 404 g/mol. The zero-order valence-electron chi connectivity index (χ0n) is 17.5. The Kier molecular flexibility index (Phi) is 5.78. The Morgan fingerprint density at radius 2 is 2.06 bits per heavy atom. The number of nitrogens with zero attached hydrogens (tertiary/aromatic N) is 3. The number of hydrogen-bond donors (Lipinski definition) is 3. The molecule has 0 amide bonds. The summed E-state index contributed by atoms with van der Waals surface area (Å²) in [6.45, 7) is 4.19. The molecule has 4 aromatic rings. The molecule has 1 saturated heterocycles. The number of thiophene rings is 1. The number of rotatable bonds is 7. The predicted octanol–water partition coefficient (Wildman–Crippen LogP) is 5.09. The van der Waals surface area contributed by atoms with Crippen LogP contribution in [0, 0.1) is 0 Å². The molecule has 5 rings (SSSR count). The second-order valence-electron chi connectivity index (χ2n) is 7.81. The van der Waals surface area contributed by atoms with E-state index in [-0.39, 0.29) is 6.04 Å². The molecule has 0 aliphatic carbocycles. The van der Waals surface area contributed by atoms with Gasteiger partial charge in [0.25, 0.3) is 0 Å². The molecular formula is C24H26N6S. The Morgan fingerprint density at radius 1 is 1.16 bits per heavy atom. The Bertz CT molecular complexity index is 1150. The van der Waals surface area contributed by atoms with Crippen molar-refractivity contribution in [3.8, 4) is 11.4 Å². The van der Waals surface area contributed by atoms with Gasteiger partial charge in [-0.2, -0.15) is 0 Å². The number of anilines is 2. The minimum atomic E-state index is 0.205. The van der Waals surface area contributed by atoms with Crippen LogP contribution in [0.25, 0.3) is 21.6 Å². The first kappa shape index (κ1) is 19.9. The van der Waals surface area contributed by atoms with Crippen LogP contribution in [-0.4, -0.2) is 34.1 Å². The Balaban J connectivity index is 1.45. The summed E-state index contributed by atoms with van der Waals surface area (Å²) in [6, 6.07) is 17.2. The Hall–Kier alpha value is -3.03. The standard InChI is InChI=1S/C24H26N6S/c1-2-19(16-6-4-3-5-7-16)28-21-14-17(8-12-26-21)23-29-20-10-13-31-22(20)24(30-23)27-18-9-11-25-15-18/h3-8,10,12-14,18-19,25H,2,9,11,15H2,1H3,(H,26,28)(H,27,29,30). The maximum absolute atomic E-state index is 4.91. The van der Waals surface area contributed by atoms with Crippen molar-refractivity contribution in [2.75, 3.05) is 23.7 Å². The van der Waals surface area contributed by atoms with E-state index in [4.69, 9.17) is 9.97 Å². The second-order valence-corrected chi connectivity index (χ2v) is 8.73. The van der Waals surface area contributed by atoms with Crippen molar-refractivity contribution in [3.63, 3.8) is 0 Å². The van der Waals surface area contributed by atoms with Crippen molar-refractivity contribution in [3.05, 3.63) is 65.7 Å². The normalized spacial score (nSPS) is 17.0. The van der Waals surface area contributed by atoms with Gasteiger partial charge in [0.2, 0.25) is 0 Å². The highest BCUT2D eigenvalue weighted by Crippen LogP contribution is 2.31. The number of nitrogens with one attached hydrogen (secondary N) is 3. The van der Waals surface area contributed by atoms with Crippen LogP contribution in [0.3, 0.4) is 0 Å². The van der Waals surface area contributed by atoms with Crippen LogP contribution < -0.4 is 16.0 Å². The fourth-order valence-electron chi connectivity index (χ4n) is 4.00. The molecule has 6 nitrogen and oxygen atoms in total. The smallest absolute Gasteiger partial charge is 0.162 e. The van der Waals surface area contributed by atoms with Gasteiger partial charge < -0.3 is 16.0 Å². The first-order valence-corrected chi connectivity index (χ1v) is 11.7. The van der Waals surface area contributed by atoms with Gasteiger partial charge in [0.05, 0.1) is 16.3 Å². The highest BCUT2D eigenvalue weighted by Gasteiger charge is 2.18. The highest BCUT2D eigenvalue weighted by atomic mass is 32.1. The Labute approximate surface area is 186 Å². The van der Waals surface area contributed by atoms with Crippen LogP contribution in [-0.2, 0) is 0 Å². The average Bonchev–Trinajstić information content (AvgIpc) is 3.50. The summed E-state index contributed by atoms with van der Waals surface area (Å²) in [6.07, 6.45) is 3.90. The SMILES string of the molecule is CCC(Nc1cc(-c2nc(NC3CCNC3)c3sccc3n2)ccn1)c1ccccc1. The van der Waals surface area contributed by atoms with E-state index in [1.54, 1.807) is 11.3 Å². The van der Waals surface area contributed by atoms with Gasteiger partial charge in [0.1, 0.15) is 11.6 Å². The molecule has 0 radical (unpaired) electrons. The van der Waals surface area contributed by atoms with E-state index in [1.165, 1.54) is 5.56 Å². The van der Waals surface area contributed by atoms with E-state index >= 15 is 0 Å². The second kappa shape index (κ2) is 8.99. The third-order valence-electron chi connectivity index (χ3n) is 5.66. The summed E-state index contributed by atoms with van der Waals surface area (Å²) >= 11 is 1.68. The summed E-state index contributed by atoms with van der Waals surface area (Å²) in [5.41, 5.74) is 3.19. The van der Waals surface area contributed by atoms with Crippen molar-refractivity contribution in [2.24, 2.45) is 0 Å². The summed E-state index contributed by atoms with van der Waals surface area (Å²) in [7, 11) is 0. The predicted molar refractivity (Wildman–Crippen MR) is 129 cm³/mol. The molecule has 2 atom stereocenters. The molecule has 7 heteroatoms. The summed E-state index contributed by atoms with van der Waals surface area (Å²) in [4.78, 5) is 14.3. The van der Waals surface area contributed by atoms with Crippen molar-refractivity contribution in [1.82, 2.24) is 20.3 Å². The van der Waals surface area contributed by atoms with Gasteiger partial charge in [-0.05, 0) is 48.5 Å². The number of fused-ring (bicyclic) bond motifs is 1. The third kappa shape index (κ3) is 4.38. The maximum Gasteiger partial charge on any atom is 0.162 e. The van der Waals surface area contributed by atoms with E-state index in [9.17, 15) is 0 Å². The lowest BCUT2D eigenvalue weighted by atomic mass is 10.0.